The van der Waals surface area contributed by atoms with E-state index in [9.17, 15) is 4.79 Å². The third-order valence-corrected chi connectivity index (χ3v) is 2.54. The zero-order valence-corrected chi connectivity index (χ0v) is 8.23. The molecule has 1 heterocycles. The Kier molecular flexibility index (Phi) is 2.25. The molecule has 1 atom stereocenters. The Morgan fingerprint density at radius 3 is 2.29 bits per heavy atom. The largest absolute Gasteiger partial charge is 0.333 e. The van der Waals surface area contributed by atoms with Crippen LogP contribution in [0.25, 0.3) is 0 Å². The van der Waals surface area contributed by atoms with Crippen LogP contribution in [-0.4, -0.2) is 16.8 Å². The lowest BCUT2D eigenvalue weighted by molar-refractivity contribution is -0.132. The molecule has 1 aliphatic heterocycles. The summed E-state index contributed by atoms with van der Waals surface area (Å²) in [5.74, 6) is 0.0289. The highest BCUT2D eigenvalue weighted by Gasteiger charge is 2.24. The average Bonchev–Trinajstić information content (AvgIpc) is 2.59. The lowest BCUT2D eigenvalue weighted by Crippen LogP contribution is -2.38. The number of nitrogens with two attached hydrogens (primary N) is 1. The molecule has 0 saturated carbocycles. The van der Waals surface area contributed by atoms with Crippen LogP contribution in [0.3, 0.4) is 0 Å². The van der Waals surface area contributed by atoms with Gasteiger partial charge in [-0.1, -0.05) is 24.3 Å². The van der Waals surface area contributed by atoms with Gasteiger partial charge in [0.25, 0.3) is 0 Å². The first kappa shape index (κ1) is 9.21. The normalized spacial score (nSPS) is 16.6. The molecule has 1 aromatic rings. The van der Waals surface area contributed by atoms with Crippen molar-refractivity contribution in [3.05, 3.63) is 35.4 Å². The molecule has 2 N–H and O–H groups in total. The maximum absolute atomic E-state index is 11.6. The molecule has 3 heteroatoms. The van der Waals surface area contributed by atoms with E-state index in [1.807, 2.05) is 12.1 Å². The van der Waals surface area contributed by atoms with Crippen molar-refractivity contribution in [1.82, 2.24) is 4.90 Å². The number of hydrogen-bond donors (Lipinski definition) is 1. The van der Waals surface area contributed by atoms with Crippen molar-refractivity contribution in [3.63, 3.8) is 0 Å². The molecule has 0 fully saturated rings. The SMILES string of the molecule is C[C@@H](N)C(=O)N1Cc2ccccc2C1. The third kappa shape index (κ3) is 1.51. The van der Waals surface area contributed by atoms with Gasteiger partial charge in [0.05, 0.1) is 6.04 Å². The third-order valence-electron chi connectivity index (χ3n) is 2.54. The van der Waals surface area contributed by atoms with Gasteiger partial charge in [-0.2, -0.15) is 0 Å². The van der Waals surface area contributed by atoms with E-state index in [1.165, 1.54) is 11.1 Å². The smallest absolute Gasteiger partial charge is 0.239 e. The van der Waals surface area contributed by atoms with Crippen molar-refractivity contribution < 1.29 is 4.79 Å². The van der Waals surface area contributed by atoms with Gasteiger partial charge in [-0.25, -0.2) is 0 Å². The highest BCUT2D eigenvalue weighted by atomic mass is 16.2. The molecule has 0 bridgehead atoms. The van der Waals surface area contributed by atoms with E-state index in [1.54, 1.807) is 11.8 Å². The average molecular weight is 190 g/mol. The van der Waals surface area contributed by atoms with Crippen LogP contribution in [0.5, 0.6) is 0 Å². The second-order valence-corrected chi connectivity index (χ2v) is 3.75. The standard InChI is InChI=1S/C11H14N2O/c1-8(12)11(14)13-6-9-4-2-3-5-10(9)7-13/h2-5,8H,6-7,12H2,1H3/t8-/m1/s1. The molecule has 3 nitrogen and oxygen atoms in total. The number of fused-ring (bicyclic) bond motifs is 1. The van der Waals surface area contributed by atoms with Gasteiger partial charge >= 0.3 is 0 Å². The fourth-order valence-electron chi connectivity index (χ4n) is 1.78. The van der Waals surface area contributed by atoms with Gasteiger partial charge in [-0.05, 0) is 18.1 Å². The maximum atomic E-state index is 11.6. The van der Waals surface area contributed by atoms with E-state index in [0.29, 0.717) is 13.1 Å². The van der Waals surface area contributed by atoms with Gasteiger partial charge in [0, 0.05) is 13.1 Å². The quantitative estimate of drug-likeness (QED) is 0.714. The Morgan fingerprint density at radius 1 is 1.36 bits per heavy atom. The molecule has 0 saturated heterocycles. The highest BCUT2D eigenvalue weighted by molar-refractivity contribution is 5.81. The number of carbonyl (C=O) groups excluding carboxylic acids is 1. The number of amides is 1. The Balaban J connectivity index is 2.16. The summed E-state index contributed by atoms with van der Waals surface area (Å²) in [4.78, 5) is 13.4. The van der Waals surface area contributed by atoms with Crippen molar-refractivity contribution in [3.8, 4) is 0 Å². The fourth-order valence-corrected chi connectivity index (χ4v) is 1.78. The van der Waals surface area contributed by atoms with Gasteiger partial charge in [0.1, 0.15) is 0 Å². The molecule has 2 rings (SSSR count). The summed E-state index contributed by atoms with van der Waals surface area (Å²) in [6.45, 7) is 3.14. The van der Waals surface area contributed by atoms with E-state index in [-0.39, 0.29) is 5.91 Å². The molecule has 0 aliphatic carbocycles. The number of hydrogen-bond acceptors (Lipinski definition) is 2. The lowest BCUT2D eigenvalue weighted by Gasteiger charge is -2.17. The summed E-state index contributed by atoms with van der Waals surface area (Å²) in [7, 11) is 0. The molecule has 14 heavy (non-hydrogen) atoms. The zero-order chi connectivity index (χ0) is 10.1. The van der Waals surface area contributed by atoms with E-state index >= 15 is 0 Å². The number of rotatable bonds is 1. The van der Waals surface area contributed by atoms with Crippen molar-refractivity contribution in [2.24, 2.45) is 5.73 Å². The topological polar surface area (TPSA) is 46.3 Å². The summed E-state index contributed by atoms with van der Waals surface area (Å²) >= 11 is 0. The molecule has 1 aromatic carbocycles. The molecular formula is C11H14N2O. The van der Waals surface area contributed by atoms with Gasteiger partial charge in [-0.15, -0.1) is 0 Å². The summed E-state index contributed by atoms with van der Waals surface area (Å²) in [6.07, 6.45) is 0. The molecule has 0 aromatic heterocycles. The molecule has 74 valence electrons. The summed E-state index contributed by atoms with van der Waals surface area (Å²) in [5.41, 5.74) is 8.03. The van der Waals surface area contributed by atoms with E-state index in [2.05, 4.69) is 12.1 Å². The van der Waals surface area contributed by atoms with Crippen LogP contribution in [-0.2, 0) is 17.9 Å². The maximum Gasteiger partial charge on any atom is 0.239 e. The van der Waals surface area contributed by atoms with Crippen LogP contribution in [0.1, 0.15) is 18.1 Å². The van der Waals surface area contributed by atoms with Crippen LogP contribution < -0.4 is 5.73 Å². The van der Waals surface area contributed by atoms with Crippen molar-refractivity contribution >= 4 is 5.91 Å². The Morgan fingerprint density at radius 2 is 1.86 bits per heavy atom. The predicted molar refractivity (Wildman–Crippen MR) is 54.3 cm³/mol. The first-order valence-corrected chi connectivity index (χ1v) is 4.79. The molecular weight excluding hydrogens is 176 g/mol. The number of nitrogens with zero attached hydrogens (tertiary/aromatic N) is 1. The summed E-state index contributed by atoms with van der Waals surface area (Å²) in [6, 6.07) is 7.72. The Labute approximate surface area is 83.5 Å². The Hall–Kier alpha value is -1.35. The van der Waals surface area contributed by atoms with Crippen LogP contribution >= 0.6 is 0 Å². The minimum absolute atomic E-state index is 0.0289. The first-order chi connectivity index (χ1) is 6.68. The second kappa shape index (κ2) is 3.42. The minimum Gasteiger partial charge on any atom is -0.333 e. The first-order valence-electron chi connectivity index (χ1n) is 4.79. The highest BCUT2D eigenvalue weighted by Crippen LogP contribution is 2.22. The molecule has 1 amide bonds. The van der Waals surface area contributed by atoms with Crippen molar-refractivity contribution in [2.45, 2.75) is 26.1 Å². The van der Waals surface area contributed by atoms with E-state index in [4.69, 9.17) is 5.73 Å². The summed E-state index contributed by atoms with van der Waals surface area (Å²) in [5, 5.41) is 0. The monoisotopic (exact) mass is 190 g/mol. The minimum atomic E-state index is -0.399. The van der Waals surface area contributed by atoms with E-state index < -0.39 is 6.04 Å². The number of carbonyl (C=O) groups is 1. The molecule has 0 radical (unpaired) electrons. The van der Waals surface area contributed by atoms with Crippen LogP contribution in [0, 0.1) is 0 Å². The van der Waals surface area contributed by atoms with Crippen LogP contribution in [0.2, 0.25) is 0 Å². The molecule has 1 aliphatic rings. The lowest BCUT2D eigenvalue weighted by atomic mass is 10.1. The van der Waals surface area contributed by atoms with Crippen LogP contribution in [0.4, 0.5) is 0 Å². The van der Waals surface area contributed by atoms with Gasteiger partial charge in [0.15, 0.2) is 0 Å². The Bertz CT molecular complexity index is 335. The molecule has 0 spiro atoms. The van der Waals surface area contributed by atoms with Crippen molar-refractivity contribution in [2.75, 3.05) is 0 Å². The molecule has 0 unspecified atom stereocenters. The van der Waals surface area contributed by atoms with Crippen molar-refractivity contribution in [1.29, 1.82) is 0 Å². The second-order valence-electron chi connectivity index (χ2n) is 3.75. The van der Waals surface area contributed by atoms with Gasteiger partial charge in [0.2, 0.25) is 5.91 Å². The van der Waals surface area contributed by atoms with Crippen LogP contribution in [0.15, 0.2) is 24.3 Å². The predicted octanol–water partition coefficient (Wildman–Crippen LogP) is 0.876. The fraction of sp³-hybridized carbons (Fsp3) is 0.364. The van der Waals surface area contributed by atoms with E-state index in [0.717, 1.165) is 0 Å². The van der Waals surface area contributed by atoms with Gasteiger partial charge < -0.3 is 10.6 Å². The zero-order valence-electron chi connectivity index (χ0n) is 8.23. The van der Waals surface area contributed by atoms with Gasteiger partial charge in [-0.3, -0.25) is 4.79 Å². The summed E-state index contributed by atoms with van der Waals surface area (Å²) < 4.78 is 0. The number of benzene rings is 1.